The van der Waals surface area contributed by atoms with Gasteiger partial charge in [0.25, 0.3) is 5.56 Å². The van der Waals surface area contributed by atoms with E-state index in [4.69, 9.17) is 5.73 Å². The van der Waals surface area contributed by atoms with Crippen molar-refractivity contribution in [1.82, 2.24) is 14.5 Å². The number of hydrogen-bond donors (Lipinski definition) is 2. The summed E-state index contributed by atoms with van der Waals surface area (Å²) in [4.78, 5) is 34.7. The van der Waals surface area contributed by atoms with Crippen molar-refractivity contribution in [2.24, 2.45) is 25.7 Å². The zero-order chi connectivity index (χ0) is 15.6. The summed E-state index contributed by atoms with van der Waals surface area (Å²) in [5.41, 5.74) is 5.28. The predicted octanol–water partition coefficient (Wildman–Crippen LogP) is -0.782. The second kappa shape index (κ2) is 6.26. The molecule has 116 valence electrons. The highest BCUT2D eigenvalue weighted by Crippen LogP contribution is 2.23. The lowest BCUT2D eigenvalue weighted by molar-refractivity contribution is -0.122. The molecule has 7 nitrogen and oxygen atoms in total. The third-order valence-corrected chi connectivity index (χ3v) is 4.23. The number of carbonyl (C=O) groups excluding carboxylic acids is 1. The van der Waals surface area contributed by atoms with E-state index >= 15 is 0 Å². The van der Waals surface area contributed by atoms with E-state index in [-0.39, 0.29) is 29.1 Å². The van der Waals surface area contributed by atoms with Crippen molar-refractivity contribution in [3.8, 4) is 0 Å². The summed E-state index contributed by atoms with van der Waals surface area (Å²) in [7, 11) is 3.11. The predicted molar refractivity (Wildman–Crippen MR) is 78.7 cm³/mol. The molecule has 0 aliphatic heterocycles. The first kappa shape index (κ1) is 15.5. The van der Waals surface area contributed by atoms with Crippen LogP contribution in [0.4, 0.5) is 0 Å². The Morgan fingerprint density at radius 2 is 1.90 bits per heavy atom. The van der Waals surface area contributed by atoms with Crippen LogP contribution in [-0.4, -0.2) is 21.1 Å². The Bertz CT molecular complexity index is 639. The largest absolute Gasteiger partial charge is 0.369 e. The SMILES string of the molecule is Cn1cc(CNC2CCC(C(N)=O)CC2)c(=O)n(C)c1=O. The van der Waals surface area contributed by atoms with E-state index in [0.717, 1.165) is 30.3 Å². The molecule has 1 aliphatic carbocycles. The molecule has 1 aromatic heterocycles. The molecule has 0 bridgehead atoms. The number of nitrogens with one attached hydrogen (secondary N) is 1. The third-order valence-electron chi connectivity index (χ3n) is 4.23. The van der Waals surface area contributed by atoms with Gasteiger partial charge in [0.2, 0.25) is 5.91 Å². The van der Waals surface area contributed by atoms with Crippen LogP contribution in [0.25, 0.3) is 0 Å². The maximum absolute atomic E-state index is 12.0. The standard InChI is InChI=1S/C14H22N4O3/c1-17-8-10(13(20)18(2)14(17)21)7-16-11-5-3-9(4-6-11)12(15)19/h8-9,11,16H,3-7H2,1-2H3,(H2,15,19). The van der Waals surface area contributed by atoms with Crippen molar-refractivity contribution in [1.29, 1.82) is 0 Å². The van der Waals surface area contributed by atoms with E-state index in [9.17, 15) is 14.4 Å². The van der Waals surface area contributed by atoms with E-state index in [0.29, 0.717) is 12.1 Å². The summed E-state index contributed by atoms with van der Waals surface area (Å²) < 4.78 is 2.52. The van der Waals surface area contributed by atoms with Gasteiger partial charge in [0.15, 0.2) is 0 Å². The van der Waals surface area contributed by atoms with Crippen molar-refractivity contribution in [3.63, 3.8) is 0 Å². The fourth-order valence-electron chi connectivity index (χ4n) is 2.84. The first-order valence-corrected chi connectivity index (χ1v) is 7.18. The minimum atomic E-state index is -0.328. The first-order valence-electron chi connectivity index (χ1n) is 7.18. The molecule has 0 unspecified atom stereocenters. The maximum Gasteiger partial charge on any atom is 0.330 e. The number of aromatic nitrogens is 2. The van der Waals surface area contributed by atoms with Crippen LogP contribution < -0.4 is 22.3 Å². The Morgan fingerprint density at radius 3 is 2.48 bits per heavy atom. The van der Waals surface area contributed by atoms with Crippen LogP contribution >= 0.6 is 0 Å². The lowest BCUT2D eigenvalue weighted by atomic mass is 9.85. The molecule has 21 heavy (non-hydrogen) atoms. The third kappa shape index (κ3) is 3.41. The summed E-state index contributed by atoms with van der Waals surface area (Å²) in [5.74, 6) is -0.242. The van der Waals surface area contributed by atoms with Gasteiger partial charge < -0.3 is 15.6 Å². The molecule has 1 aromatic rings. The maximum atomic E-state index is 12.0. The molecule has 7 heteroatoms. The van der Waals surface area contributed by atoms with Crippen LogP contribution in [0.3, 0.4) is 0 Å². The van der Waals surface area contributed by atoms with Crippen molar-refractivity contribution in [2.75, 3.05) is 0 Å². The summed E-state index contributed by atoms with van der Waals surface area (Å²) in [6.45, 7) is 0.423. The summed E-state index contributed by atoms with van der Waals surface area (Å²) in [5, 5.41) is 3.33. The number of rotatable bonds is 4. The van der Waals surface area contributed by atoms with Crippen molar-refractivity contribution in [2.45, 2.75) is 38.3 Å². The molecule has 0 atom stereocenters. The molecule has 2 rings (SSSR count). The van der Waals surface area contributed by atoms with Gasteiger partial charge in [-0.05, 0) is 25.7 Å². The second-order valence-electron chi connectivity index (χ2n) is 5.74. The molecule has 1 fully saturated rings. The van der Waals surface area contributed by atoms with E-state index in [1.807, 2.05) is 0 Å². The molecule has 3 N–H and O–H groups in total. The summed E-state index contributed by atoms with van der Waals surface area (Å²) >= 11 is 0. The lowest BCUT2D eigenvalue weighted by Crippen LogP contribution is -2.41. The minimum absolute atomic E-state index is 0.0199. The van der Waals surface area contributed by atoms with Crippen molar-refractivity contribution < 1.29 is 4.79 Å². The molecule has 1 amide bonds. The Labute approximate surface area is 122 Å². The number of hydrogen-bond acceptors (Lipinski definition) is 4. The average molecular weight is 294 g/mol. The summed E-state index contributed by atoms with van der Waals surface area (Å²) in [6, 6.07) is 0.280. The van der Waals surface area contributed by atoms with Crippen LogP contribution in [0.15, 0.2) is 15.8 Å². The Hall–Kier alpha value is -1.89. The van der Waals surface area contributed by atoms with E-state index in [1.54, 1.807) is 13.2 Å². The van der Waals surface area contributed by atoms with E-state index in [1.165, 1.54) is 11.6 Å². The highest BCUT2D eigenvalue weighted by atomic mass is 16.2. The van der Waals surface area contributed by atoms with Gasteiger partial charge in [-0.2, -0.15) is 0 Å². The molecule has 1 heterocycles. The quantitative estimate of drug-likeness (QED) is 0.761. The van der Waals surface area contributed by atoms with Crippen LogP contribution in [0.1, 0.15) is 31.2 Å². The number of primary amides is 1. The van der Waals surface area contributed by atoms with Gasteiger partial charge in [-0.15, -0.1) is 0 Å². The van der Waals surface area contributed by atoms with Crippen LogP contribution in [0.2, 0.25) is 0 Å². The molecule has 1 aliphatic rings. The number of amides is 1. The van der Waals surface area contributed by atoms with E-state index < -0.39 is 0 Å². The van der Waals surface area contributed by atoms with Gasteiger partial charge in [-0.3, -0.25) is 14.2 Å². The van der Waals surface area contributed by atoms with Crippen LogP contribution in [-0.2, 0) is 25.4 Å². The number of nitrogens with two attached hydrogens (primary N) is 1. The van der Waals surface area contributed by atoms with Gasteiger partial charge in [0.1, 0.15) is 0 Å². The monoisotopic (exact) mass is 294 g/mol. The Kier molecular flexibility index (Phi) is 4.62. The van der Waals surface area contributed by atoms with Gasteiger partial charge in [0.05, 0.1) is 0 Å². The molecule has 1 saturated carbocycles. The fourth-order valence-corrected chi connectivity index (χ4v) is 2.84. The van der Waals surface area contributed by atoms with Crippen LogP contribution in [0, 0.1) is 5.92 Å². The van der Waals surface area contributed by atoms with Crippen molar-refractivity contribution in [3.05, 3.63) is 32.6 Å². The Balaban J connectivity index is 1.98. The average Bonchev–Trinajstić information content (AvgIpc) is 2.48. The first-order chi connectivity index (χ1) is 9.90. The van der Waals surface area contributed by atoms with Gasteiger partial charge in [-0.25, -0.2) is 4.79 Å². The molecule has 0 radical (unpaired) electrons. The topological polar surface area (TPSA) is 99.1 Å². The zero-order valence-corrected chi connectivity index (χ0v) is 12.5. The minimum Gasteiger partial charge on any atom is -0.369 e. The number of aryl methyl sites for hydroxylation is 1. The smallest absolute Gasteiger partial charge is 0.330 e. The lowest BCUT2D eigenvalue weighted by Gasteiger charge is -2.27. The fraction of sp³-hybridized carbons (Fsp3) is 0.643. The molecule has 0 aromatic carbocycles. The molecule has 0 saturated heterocycles. The second-order valence-corrected chi connectivity index (χ2v) is 5.74. The number of nitrogens with zero attached hydrogens (tertiary/aromatic N) is 2. The number of carbonyl (C=O) groups is 1. The van der Waals surface area contributed by atoms with Gasteiger partial charge in [-0.1, -0.05) is 0 Å². The molecular weight excluding hydrogens is 272 g/mol. The zero-order valence-electron chi connectivity index (χ0n) is 12.5. The Morgan fingerprint density at radius 1 is 1.29 bits per heavy atom. The van der Waals surface area contributed by atoms with Crippen molar-refractivity contribution >= 4 is 5.91 Å². The highest BCUT2D eigenvalue weighted by Gasteiger charge is 2.24. The van der Waals surface area contributed by atoms with Gasteiger partial charge >= 0.3 is 5.69 Å². The summed E-state index contributed by atoms with van der Waals surface area (Å²) in [6.07, 6.45) is 4.91. The van der Waals surface area contributed by atoms with Gasteiger partial charge in [0, 0.05) is 44.4 Å². The molecular formula is C14H22N4O3. The highest BCUT2D eigenvalue weighted by molar-refractivity contribution is 5.76. The van der Waals surface area contributed by atoms with E-state index in [2.05, 4.69) is 5.32 Å². The van der Waals surface area contributed by atoms with Crippen LogP contribution in [0.5, 0.6) is 0 Å². The molecule has 0 spiro atoms. The normalized spacial score (nSPS) is 22.2.